The standard InChI is InChI=1S/C12H8Br3N3O3/c1-6-16-11(18(20)21)12(15,17-6)5-10(19)7-2-3-8(13)9(14)4-7/h2-4H,5H2,1H3. The van der Waals surface area contributed by atoms with Crippen LogP contribution in [0.2, 0.25) is 0 Å². The van der Waals surface area contributed by atoms with Gasteiger partial charge in [0.15, 0.2) is 5.78 Å². The van der Waals surface area contributed by atoms with Crippen molar-refractivity contribution in [3.63, 3.8) is 0 Å². The van der Waals surface area contributed by atoms with Gasteiger partial charge in [-0.15, -0.1) is 0 Å². The zero-order chi connectivity index (χ0) is 15.8. The minimum Gasteiger partial charge on any atom is -0.358 e. The molecule has 0 radical (unpaired) electrons. The molecule has 1 aromatic rings. The van der Waals surface area contributed by atoms with Crippen molar-refractivity contribution >= 4 is 65.2 Å². The first kappa shape index (κ1) is 16.4. The first-order valence-corrected chi connectivity index (χ1v) is 8.08. The number of Topliss-reactive ketones (excluding diaryl/α,β-unsaturated/α-hetero) is 1. The van der Waals surface area contributed by atoms with E-state index in [9.17, 15) is 14.9 Å². The first-order chi connectivity index (χ1) is 9.73. The third-order valence-electron chi connectivity index (χ3n) is 2.76. The molecule has 0 aliphatic carbocycles. The summed E-state index contributed by atoms with van der Waals surface area (Å²) in [4.78, 5) is 30.6. The lowest BCUT2D eigenvalue weighted by molar-refractivity contribution is -0.354. The molecule has 21 heavy (non-hydrogen) atoms. The second kappa shape index (κ2) is 6.05. The van der Waals surface area contributed by atoms with Crippen molar-refractivity contribution in [3.8, 4) is 0 Å². The van der Waals surface area contributed by atoms with E-state index in [2.05, 4.69) is 57.8 Å². The number of carbonyl (C=O) groups is 1. The van der Waals surface area contributed by atoms with E-state index in [1.54, 1.807) is 25.1 Å². The maximum atomic E-state index is 12.3. The molecule has 6 nitrogen and oxygen atoms in total. The Morgan fingerprint density at radius 2 is 2.05 bits per heavy atom. The van der Waals surface area contributed by atoms with Crippen molar-refractivity contribution < 1.29 is 9.72 Å². The number of nitrogens with zero attached hydrogens (tertiary/aromatic N) is 3. The van der Waals surface area contributed by atoms with Crippen LogP contribution in [0.25, 0.3) is 0 Å². The van der Waals surface area contributed by atoms with E-state index in [0.29, 0.717) is 5.56 Å². The number of benzene rings is 1. The van der Waals surface area contributed by atoms with E-state index in [1.165, 1.54) is 0 Å². The van der Waals surface area contributed by atoms with Gasteiger partial charge in [-0.25, -0.2) is 4.99 Å². The van der Waals surface area contributed by atoms with Crippen LogP contribution in [0.1, 0.15) is 23.7 Å². The number of hydrogen-bond donors (Lipinski definition) is 0. The summed E-state index contributed by atoms with van der Waals surface area (Å²) in [5.74, 6) is -0.374. The van der Waals surface area contributed by atoms with Gasteiger partial charge in [0.05, 0.1) is 6.42 Å². The predicted molar refractivity (Wildman–Crippen MR) is 90.0 cm³/mol. The summed E-state index contributed by atoms with van der Waals surface area (Å²) in [6.45, 7) is 1.55. The lowest BCUT2D eigenvalue weighted by Gasteiger charge is -2.15. The largest absolute Gasteiger partial charge is 0.380 e. The van der Waals surface area contributed by atoms with Crippen LogP contribution >= 0.6 is 47.8 Å². The molecule has 1 aliphatic heterocycles. The Balaban J connectivity index is 2.28. The Hall–Kier alpha value is -0.930. The molecule has 1 unspecified atom stereocenters. The van der Waals surface area contributed by atoms with E-state index >= 15 is 0 Å². The number of amidine groups is 2. The Bertz CT molecular complexity index is 702. The number of alkyl halides is 1. The molecule has 1 heterocycles. The highest BCUT2D eigenvalue weighted by Crippen LogP contribution is 2.33. The second-order valence-corrected chi connectivity index (χ2v) is 7.36. The fraction of sp³-hybridized carbons (Fsp3) is 0.250. The topological polar surface area (TPSA) is 84.9 Å². The van der Waals surface area contributed by atoms with E-state index in [4.69, 9.17) is 0 Å². The first-order valence-electron chi connectivity index (χ1n) is 5.70. The molecular formula is C12H8Br3N3O3. The summed E-state index contributed by atoms with van der Waals surface area (Å²) in [5, 5.41) is 11.0. The predicted octanol–water partition coefficient (Wildman–Crippen LogP) is 3.98. The van der Waals surface area contributed by atoms with Crippen molar-refractivity contribution in [2.75, 3.05) is 0 Å². The Morgan fingerprint density at radius 1 is 1.38 bits per heavy atom. The highest BCUT2D eigenvalue weighted by atomic mass is 79.9. The van der Waals surface area contributed by atoms with Crippen LogP contribution in [0.4, 0.5) is 0 Å². The molecule has 0 N–H and O–H groups in total. The van der Waals surface area contributed by atoms with E-state index in [0.717, 1.165) is 8.95 Å². The van der Waals surface area contributed by atoms with Gasteiger partial charge in [-0.1, -0.05) is 6.07 Å². The fourth-order valence-electron chi connectivity index (χ4n) is 1.85. The lowest BCUT2D eigenvalue weighted by Crippen LogP contribution is -2.35. The normalized spacial score (nSPS) is 21.0. The SMILES string of the molecule is CC1=NC(Br)(CC(=O)c2ccc(Br)c(Br)c2)C([N+](=O)[O-])=N1. The molecule has 0 saturated heterocycles. The van der Waals surface area contributed by atoms with Crippen molar-refractivity contribution in [2.45, 2.75) is 17.8 Å². The summed E-state index contributed by atoms with van der Waals surface area (Å²) < 4.78 is 0.137. The molecule has 0 spiro atoms. The fourth-order valence-corrected chi connectivity index (χ4v) is 3.22. The molecule has 1 aromatic carbocycles. The smallest absolute Gasteiger partial charge is 0.358 e. The number of hydrogen-bond acceptors (Lipinski definition) is 5. The monoisotopic (exact) mass is 479 g/mol. The highest BCUT2D eigenvalue weighted by molar-refractivity contribution is 9.13. The molecule has 0 amide bonds. The van der Waals surface area contributed by atoms with E-state index in [-0.39, 0.29) is 23.9 Å². The van der Waals surface area contributed by atoms with Crippen LogP contribution < -0.4 is 0 Å². The van der Waals surface area contributed by atoms with Gasteiger partial charge in [0.2, 0.25) is 10.3 Å². The zero-order valence-corrected chi connectivity index (χ0v) is 15.4. The maximum absolute atomic E-state index is 12.3. The Morgan fingerprint density at radius 3 is 2.62 bits per heavy atom. The molecule has 9 heteroatoms. The van der Waals surface area contributed by atoms with Gasteiger partial charge in [-0.05, 0) is 69.8 Å². The zero-order valence-electron chi connectivity index (χ0n) is 10.6. The van der Waals surface area contributed by atoms with E-state index in [1.807, 2.05) is 0 Å². The third-order valence-corrected chi connectivity index (χ3v) is 5.45. The van der Waals surface area contributed by atoms with Gasteiger partial charge < -0.3 is 10.1 Å². The number of nitro groups is 1. The lowest BCUT2D eigenvalue weighted by atomic mass is 10.0. The number of aliphatic imine (C=N–C) groups is 2. The van der Waals surface area contributed by atoms with E-state index < -0.39 is 9.37 Å². The van der Waals surface area contributed by atoms with Gasteiger partial charge in [0.1, 0.15) is 0 Å². The molecule has 110 valence electrons. The molecule has 1 atom stereocenters. The molecule has 2 rings (SSSR count). The highest BCUT2D eigenvalue weighted by Gasteiger charge is 2.48. The third kappa shape index (κ3) is 3.46. The van der Waals surface area contributed by atoms with Gasteiger partial charge in [0, 0.05) is 21.4 Å². The quantitative estimate of drug-likeness (QED) is 0.215. The number of halogens is 3. The second-order valence-electron chi connectivity index (χ2n) is 4.34. The van der Waals surface area contributed by atoms with Crippen LogP contribution in [-0.4, -0.2) is 26.8 Å². The summed E-state index contributed by atoms with van der Waals surface area (Å²) in [7, 11) is 0. The van der Waals surface area contributed by atoms with Gasteiger partial charge in [0.25, 0.3) is 0 Å². The van der Waals surface area contributed by atoms with Crippen molar-refractivity contribution in [3.05, 3.63) is 42.8 Å². The minimum absolute atomic E-state index is 0.182. The minimum atomic E-state index is -1.41. The average molecular weight is 482 g/mol. The van der Waals surface area contributed by atoms with Crippen molar-refractivity contribution in [1.82, 2.24) is 0 Å². The molecule has 0 fully saturated rings. The van der Waals surface area contributed by atoms with Gasteiger partial charge in [-0.3, -0.25) is 4.79 Å². The van der Waals surface area contributed by atoms with Crippen LogP contribution in [0.5, 0.6) is 0 Å². The summed E-state index contributed by atoms with van der Waals surface area (Å²) in [5.41, 5.74) is 0.436. The van der Waals surface area contributed by atoms with Crippen LogP contribution in [0.3, 0.4) is 0 Å². The Labute approximate surface area is 145 Å². The number of ketones is 1. The maximum Gasteiger partial charge on any atom is 0.380 e. The van der Waals surface area contributed by atoms with Crippen LogP contribution in [0.15, 0.2) is 37.1 Å². The van der Waals surface area contributed by atoms with Crippen LogP contribution in [-0.2, 0) is 0 Å². The molecule has 0 bridgehead atoms. The molecule has 0 aromatic heterocycles. The number of rotatable bonds is 3. The van der Waals surface area contributed by atoms with Gasteiger partial charge in [-0.2, -0.15) is 0 Å². The summed E-state index contributed by atoms with van der Waals surface area (Å²) >= 11 is 9.81. The molecule has 1 aliphatic rings. The summed E-state index contributed by atoms with van der Waals surface area (Å²) in [6.07, 6.45) is -0.182. The molecule has 0 saturated carbocycles. The van der Waals surface area contributed by atoms with Crippen molar-refractivity contribution in [1.29, 1.82) is 0 Å². The molecular weight excluding hydrogens is 474 g/mol. The van der Waals surface area contributed by atoms with Crippen LogP contribution in [0, 0.1) is 10.1 Å². The van der Waals surface area contributed by atoms with Crippen molar-refractivity contribution in [2.24, 2.45) is 9.98 Å². The summed E-state index contributed by atoms with van der Waals surface area (Å²) in [6, 6.07) is 5.02. The number of carbonyl (C=O) groups excluding carboxylic acids is 1. The average Bonchev–Trinajstić information content (AvgIpc) is 2.67. The van der Waals surface area contributed by atoms with Gasteiger partial charge >= 0.3 is 5.84 Å². The Kier molecular flexibility index (Phi) is 4.74.